The molecule has 0 bridgehead atoms. The number of carbonyl (C=O) groups excluding carboxylic acids is 1. The van der Waals surface area contributed by atoms with E-state index in [1.54, 1.807) is 0 Å². The van der Waals surface area contributed by atoms with Crippen LogP contribution in [-0.2, 0) is 16.8 Å². The number of likely N-dealkylation sites (tertiary alicyclic amines) is 1. The summed E-state index contributed by atoms with van der Waals surface area (Å²) in [5.41, 5.74) is 9.05. The molecule has 6 rings (SSSR count). The molecule has 200 valence electrons. The number of amides is 1. The van der Waals surface area contributed by atoms with E-state index in [9.17, 15) is 10.1 Å². The van der Waals surface area contributed by atoms with Gasteiger partial charge in [0.2, 0.25) is 5.91 Å². The van der Waals surface area contributed by atoms with Crippen molar-refractivity contribution in [3.8, 4) is 17.2 Å². The standard InChI is InChI=1S/C34H38N4O/c1-3-37-15-12-34(13-16-37)32-10-9-28(27-6-4-5-25(19-27)22-35)20-29(32)11-14-38(34)23-33(39)36-31-18-24(2)17-30(21-31)26-7-8-26/h4-6,9-10,17-21,26H,3,7-8,11-16,23H2,1-2H3,(H,36,39). The van der Waals surface area contributed by atoms with Gasteiger partial charge in [-0.2, -0.15) is 5.26 Å². The number of nitrogens with one attached hydrogen (secondary N) is 1. The third kappa shape index (κ3) is 5.24. The van der Waals surface area contributed by atoms with Gasteiger partial charge in [-0.25, -0.2) is 0 Å². The van der Waals surface area contributed by atoms with E-state index >= 15 is 0 Å². The highest BCUT2D eigenvalue weighted by atomic mass is 16.2. The molecule has 3 aliphatic rings. The van der Waals surface area contributed by atoms with E-state index in [2.05, 4.69) is 77.5 Å². The topological polar surface area (TPSA) is 59.4 Å². The van der Waals surface area contributed by atoms with Crippen LogP contribution in [0.4, 0.5) is 5.69 Å². The van der Waals surface area contributed by atoms with Gasteiger partial charge in [-0.15, -0.1) is 0 Å². The first kappa shape index (κ1) is 25.8. The van der Waals surface area contributed by atoms with Crippen molar-refractivity contribution in [3.05, 3.63) is 88.5 Å². The quantitative estimate of drug-likeness (QED) is 0.421. The van der Waals surface area contributed by atoms with E-state index in [1.165, 1.54) is 35.1 Å². The molecule has 1 aliphatic carbocycles. The Balaban J connectivity index is 1.27. The summed E-state index contributed by atoms with van der Waals surface area (Å²) in [6.07, 6.45) is 5.49. The summed E-state index contributed by atoms with van der Waals surface area (Å²) in [5, 5.41) is 12.6. The molecule has 1 amide bonds. The predicted molar refractivity (Wildman–Crippen MR) is 157 cm³/mol. The lowest BCUT2D eigenvalue weighted by Gasteiger charge is -2.52. The Labute approximate surface area is 232 Å². The molecule has 1 N–H and O–H groups in total. The van der Waals surface area contributed by atoms with E-state index in [0.29, 0.717) is 18.0 Å². The van der Waals surface area contributed by atoms with E-state index in [4.69, 9.17) is 0 Å². The molecule has 1 spiro atoms. The molecular weight excluding hydrogens is 480 g/mol. The predicted octanol–water partition coefficient (Wildman–Crippen LogP) is 6.22. The number of aryl methyl sites for hydroxylation is 1. The van der Waals surface area contributed by atoms with Crippen LogP contribution in [0.1, 0.15) is 66.3 Å². The summed E-state index contributed by atoms with van der Waals surface area (Å²) < 4.78 is 0. The molecule has 1 saturated carbocycles. The van der Waals surface area contributed by atoms with Crippen molar-refractivity contribution in [1.29, 1.82) is 5.26 Å². The summed E-state index contributed by atoms with van der Waals surface area (Å²) in [6, 6.07) is 23.5. The molecule has 0 radical (unpaired) electrons. The van der Waals surface area contributed by atoms with Crippen LogP contribution in [0.2, 0.25) is 0 Å². The number of nitrogens with zero attached hydrogens (tertiary/aromatic N) is 3. The Bertz CT molecular complexity index is 1430. The zero-order chi connectivity index (χ0) is 27.0. The van der Waals surface area contributed by atoms with E-state index in [1.807, 2.05) is 18.2 Å². The average Bonchev–Trinajstić information content (AvgIpc) is 3.80. The Morgan fingerprint density at radius 1 is 1.03 bits per heavy atom. The van der Waals surface area contributed by atoms with Crippen molar-refractivity contribution >= 4 is 11.6 Å². The first-order chi connectivity index (χ1) is 19.0. The molecule has 3 aromatic carbocycles. The van der Waals surface area contributed by atoms with Gasteiger partial charge in [0.25, 0.3) is 0 Å². The van der Waals surface area contributed by atoms with Gasteiger partial charge in [-0.05, 0) is 109 Å². The van der Waals surface area contributed by atoms with Crippen molar-refractivity contribution < 1.29 is 4.79 Å². The van der Waals surface area contributed by atoms with Crippen LogP contribution in [0.15, 0.2) is 60.7 Å². The zero-order valence-corrected chi connectivity index (χ0v) is 23.2. The number of fused-ring (bicyclic) bond motifs is 2. The third-order valence-electron chi connectivity index (χ3n) is 9.09. The monoisotopic (exact) mass is 518 g/mol. The normalized spacial score (nSPS) is 18.9. The summed E-state index contributed by atoms with van der Waals surface area (Å²) >= 11 is 0. The maximum atomic E-state index is 13.5. The minimum Gasteiger partial charge on any atom is -0.325 e. The summed E-state index contributed by atoms with van der Waals surface area (Å²) in [4.78, 5) is 18.4. The lowest BCUT2D eigenvalue weighted by atomic mass is 9.73. The lowest BCUT2D eigenvalue weighted by molar-refractivity contribution is -0.120. The fourth-order valence-corrected chi connectivity index (χ4v) is 6.81. The number of rotatable bonds is 6. The number of carbonyl (C=O) groups is 1. The molecule has 1 saturated heterocycles. The third-order valence-corrected chi connectivity index (χ3v) is 9.09. The first-order valence-corrected chi connectivity index (χ1v) is 14.5. The highest BCUT2D eigenvalue weighted by molar-refractivity contribution is 5.92. The van der Waals surface area contributed by atoms with Crippen LogP contribution in [0.25, 0.3) is 11.1 Å². The van der Waals surface area contributed by atoms with Crippen LogP contribution in [0, 0.1) is 18.3 Å². The zero-order valence-electron chi connectivity index (χ0n) is 23.2. The summed E-state index contributed by atoms with van der Waals surface area (Å²) in [7, 11) is 0. The van der Waals surface area contributed by atoms with Crippen molar-refractivity contribution in [2.75, 3.05) is 38.0 Å². The Hall–Kier alpha value is -3.46. The molecule has 39 heavy (non-hydrogen) atoms. The van der Waals surface area contributed by atoms with Gasteiger partial charge in [-0.3, -0.25) is 9.69 Å². The molecular formula is C34H38N4O. The van der Waals surface area contributed by atoms with Crippen molar-refractivity contribution in [3.63, 3.8) is 0 Å². The maximum Gasteiger partial charge on any atom is 0.238 e. The van der Waals surface area contributed by atoms with E-state index in [0.717, 1.165) is 62.3 Å². The summed E-state index contributed by atoms with van der Waals surface area (Å²) in [5.74, 6) is 0.742. The molecule has 0 aromatic heterocycles. The smallest absolute Gasteiger partial charge is 0.238 e. The van der Waals surface area contributed by atoms with Crippen LogP contribution in [0.5, 0.6) is 0 Å². The van der Waals surface area contributed by atoms with Crippen molar-refractivity contribution in [2.45, 2.75) is 57.4 Å². The van der Waals surface area contributed by atoms with Crippen LogP contribution in [0.3, 0.4) is 0 Å². The van der Waals surface area contributed by atoms with Crippen LogP contribution >= 0.6 is 0 Å². The van der Waals surface area contributed by atoms with E-state index in [-0.39, 0.29) is 11.4 Å². The highest BCUT2D eigenvalue weighted by Gasteiger charge is 2.45. The SMILES string of the molecule is CCN1CCC2(CC1)c1ccc(-c3cccc(C#N)c3)cc1CCN2CC(=O)Nc1cc(C)cc(C2CC2)c1. The fourth-order valence-electron chi connectivity index (χ4n) is 6.81. The lowest BCUT2D eigenvalue weighted by Crippen LogP contribution is -2.57. The molecule has 2 fully saturated rings. The van der Waals surface area contributed by atoms with E-state index < -0.39 is 0 Å². The van der Waals surface area contributed by atoms with Crippen molar-refractivity contribution in [2.24, 2.45) is 0 Å². The molecule has 0 atom stereocenters. The number of piperidine rings is 1. The summed E-state index contributed by atoms with van der Waals surface area (Å²) in [6.45, 7) is 8.78. The maximum absolute atomic E-state index is 13.5. The van der Waals surface area contributed by atoms with Gasteiger partial charge in [0.1, 0.15) is 0 Å². The van der Waals surface area contributed by atoms with Gasteiger partial charge >= 0.3 is 0 Å². The largest absolute Gasteiger partial charge is 0.325 e. The molecule has 0 unspecified atom stereocenters. The Morgan fingerprint density at radius 3 is 2.56 bits per heavy atom. The fraction of sp³-hybridized carbons (Fsp3) is 0.412. The number of anilines is 1. The molecule has 3 aromatic rings. The Kier molecular flexibility index (Phi) is 7.01. The minimum absolute atomic E-state index is 0.0769. The number of nitriles is 1. The van der Waals surface area contributed by atoms with Gasteiger partial charge in [0.15, 0.2) is 0 Å². The second-order valence-corrected chi connectivity index (χ2v) is 11.7. The molecule has 5 heteroatoms. The Morgan fingerprint density at radius 2 is 1.82 bits per heavy atom. The first-order valence-electron chi connectivity index (χ1n) is 14.5. The van der Waals surface area contributed by atoms with Crippen LogP contribution < -0.4 is 5.32 Å². The second kappa shape index (κ2) is 10.6. The van der Waals surface area contributed by atoms with Crippen LogP contribution in [-0.4, -0.2) is 48.4 Å². The van der Waals surface area contributed by atoms with Gasteiger partial charge in [-0.1, -0.05) is 43.3 Å². The van der Waals surface area contributed by atoms with Crippen molar-refractivity contribution in [1.82, 2.24) is 9.80 Å². The minimum atomic E-state index is -0.130. The number of hydrogen-bond acceptors (Lipinski definition) is 4. The second-order valence-electron chi connectivity index (χ2n) is 11.7. The molecule has 2 aliphatic heterocycles. The van der Waals surface area contributed by atoms with Gasteiger partial charge < -0.3 is 10.2 Å². The average molecular weight is 519 g/mol. The van der Waals surface area contributed by atoms with Gasteiger partial charge in [0, 0.05) is 30.9 Å². The highest BCUT2D eigenvalue weighted by Crippen LogP contribution is 2.45. The number of benzene rings is 3. The molecule has 2 heterocycles. The van der Waals surface area contributed by atoms with Gasteiger partial charge in [0.05, 0.1) is 18.2 Å². The molecule has 5 nitrogen and oxygen atoms in total. The number of hydrogen-bond donors (Lipinski definition) is 1.